The monoisotopic (exact) mass is 187 g/mol. The molecule has 1 unspecified atom stereocenters. The summed E-state index contributed by atoms with van der Waals surface area (Å²) in [5.41, 5.74) is 5.30. The summed E-state index contributed by atoms with van der Waals surface area (Å²) >= 11 is 0. The van der Waals surface area contributed by atoms with Crippen LogP contribution in [0.1, 0.15) is 58.3 Å². The van der Waals surface area contributed by atoms with Gasteiger partial charge in [0.1, 0.15) is 0 Å². The fraction of sp³-hybridized carbons (Fsp3) is 1.00. The molecule has 2 nitrogen and oxygen atoms in total. The molecule has 3 N–H and O–H groups in total. The van der Waals surface area contributed by atoms with E-state index in [2.05, 4.69) is 6.92 Å². The van der Waals surface area contributed by atoms with Crippen LogP contribution in [0.2, 0.25) is 0 Å². The van der Waals surface area contributed by atoms with Gasteiger partial charge in [0.05, 0.1) is 6.10 Å². The van der Waals surface area contributed by atoms with Gasteiger partial charge in [-0.3, -0.25) is 0 Å². The number of unbranched alkanes of at least 4 members (excludes halogenated alkanes) is 6. The van der Waals surface area contributed by atoms with Gasteiger partial charge in [-0.25, -0.2) is 0 Å². The predicted molar refractivity (Wildman–Crippen MR) is 57.7 cm³/mol. The van der Waals surface area contributed by atoms with Crippen LogP contribution in [0.3, 0.4) is 0 Å². The molecule has 0 fully saturated rings. The Morgan fingerprint density at radius 2 is 1.54 bits per heavy atom. The van der Waals surface area contributed by atoms with Crippen molar-refractivity contribution in [2.24, 2.45) is 5.73 Å². The normalized spacial score (nSPS) is 13.2. The van der Waals surface area contributed by atoms with Crippen LogP contribution in [-0.2, 0) is 0 Å². The van der Waals surface area contributed by atoms with E-state index in [9.17, 15) is 5.11 Å². The maximum Gasteiger partial charge on any atom is 0.0662 e. The van der Waals surface area contributed by atoms with E-state index in [-0.39, 0.29) is 6.10 Å². The second kappa shape index (κ2) is 10.0. The number of hydrogen-bond acceptors (Lipinski definition) is 2. The Morgan fingerprint density at radius 3 is 2.08 bits per heavy atom. The summed E-state index contributed by atoms with van der Waals surface area (Å²) in [6.07, 6.45) is 9.71. The third-order valence-corrected chi connectivity index (χ3v) is 2.41. The highest BCUT2D eigenvalue weighted by molar-refractivity contribution is 4.55. The van der Waals surface area contributed by atoms with E-state index in [4.69, 9.17) is 5.73 Å². The maximum absolute atomic E-state index is 9.17. The molecule has 0 saturated heterocycles. The van der Waals surface area contributed by atoms with Crippen molar-refractivity contribution in [3.8, 4) is 0 Å². The molecule has 0 aliphatic rings. The fourth-order valence-corrected chi connectivity index (χ4v) is 1.45. The SMILES string of the molecule is CCCCCCCCCC(O)CN. The smallest absolute Gasteiger partial charge is 0.0662 e. The Labute approximate surface area is 82.5 Å². The van der Waals surface area contributed by atoms with Gasteiger partial charge < -0.3 is 10.8 Å². The Hall–Kier alpha value is -0.0800. The first kappa shape index (κ1) is 12.9. The van der Waals surface area contributed by atoms with Gasteiger partial charge in [0.15, 0.2) is 0 Å². The molecule has 0 heterocycles. The van der Waals surface area contributed by atoms with Crippen LogP contribution < -0.4 is 5.73 Å². The molecule has 0 aromatic rings. The van der Waals surface area contributed by atoms with Crippen molar-refractivity contribution in [1.29, 1.82) is 0 Å². The summed E-state index contributed by atoms with van der Waals surface area (Å²) in [7, 11) is 0. The molecule has 0 amide bonds. The summed E-state index contributed by atoms with van der Waals surface area (Å²) < 4.78 is 0. The van der Waals surface area contributed by atoms with Crippen molar-refractivity contribution >= 4 is 0 Å². The number of hydrogen-bond donors (Lipinski definition) is 2. The van der Waals surface area contributed by atoms with Crippen molar-refractivity contribution in [2.75, 3.05) is 6.54 Å². The number of aliphatic hydroxyl groups is 1. The zero-order valence-electron chi connectivity index (χ0n) is 8.97. The lowest BCUT2D eigenvalue weighted by molar-refractivity contribution is 0.168. The number of aliphatic hydroxyl groups excluding tert-OH is 1. The second-order valence-corrected chi connectivity index (χ2v) is 3.80. The Balaban J connectivity index is 2.91. The van der Waals surface area contributed by atoms with Gasteiger partial charge in [-0.15, -0.1) is 0 Å². The average Bonchev–Trinajstić information content (AvgIpc) is 2.16. The van der Waals surface area contributed by atoms with Crippen molar-refractivity contribution in [1.82, 2.24) is 0 Å². The summed E-state index contributed by atoms with van der Waals surface area (Å²) in [5, 5.41) is 9.17. The quantitative estimate of drug-likeness (QED) is 0.545. The number of rotatable bonds is 9. The summed E-state index contributed by atoms with van der Waals surface area (Å²) in [5.74, 6) is 0. The van der Waals surface area contributed by atoms with Gasteiger partial charge in [-0.1, -0.05) is 51.9 Å². The van der Waals surface area contributed by atoms with Crippen molar-refractivity contribution in [2.45, 2.75) is 64.4 Å². The fourth-order valence-electron chi connectivity index (χ4n) is 1.45. The third-order valence-electron chi connectivity index (χ3n) is 2.41. The lowest BCUT2D eigenvalue weighted by Crippen LogP contribution is -2.19. The van der Waals surface area contributed by atoms with E-state index in [1.54, 1.807) is 0 Å². The molecule has 13 heavy (non-hydrogen) atoms. The highest BCUT2D eigenvalue weighted by Crippen LogP contribution is 2.09. The molecule has 2 heteroatoms. The predicted octanol–water partition coefficient (Wildman–Crippen LogP) is 2.45. The summed E-state index contributed by atoms with van der Waals surface area (Å²) in [6, 6.07) is 0. The standard InChI is InChI=1S/C11H25NO/c1-2-3-4-5-6-7-8-9-11(13)10-12/h11,13H,2-10,12H2,1H3. The highest BCUT2D eigenvalue weighted by Gasteiger charge is 1.99. The van der Waals surface area contributed by atoms with Gasteiger partial charge in [0.25, 0.3) is 0 Å². The summed E-state index contributed by atoms with van der Waals surface area (Å²) in [6.45, 7) is 2.65. The molecule has 0 spiro atoms. The van der Waals surface area contributed by atoms with E-state index < -0.39 is 0 Å². The van der Waals surface area contributed by atoms with E-state index in [0.717, 1.165) is 12.8 Å². The first-order valence-corrected chi connectivity index (χ1v) is 5.69. The van der Waals surface area contributed by atoms with Gasteiger partial charge in [0, 0.05) is 6.54 Å². The van der Waals surface area contributed by atoms with E-state index in [1.165, 1.54) is 38.5 Å². The van der Waals surface area contributed by atoms with Crippen LogP contribution in [0.25, 0.3) is 0 Å². The topological polar surface area (TPSA) is 46.2 Å². The largest absolute Gasteiger partial charge is 0.392 e. The molecule has 0 aromatic heterocycles. The zero-order valence-corrected chi connectivity index (χ0v) is 8.97. The molecule has 1 atom stereocenters. The van der Waals surface area contributed by atoms with Crippen molar-refractivity contribution in [3.05, 3.63) is 0 Å². The van der Waals surface area contributed by atoms with Crippen LogP contribution in [0, 0.1) is 0 Å². The molecule has 0 bridgehead atoms. The molecule has 0 aliphatic carbocycles. The second-order valence-electron chi connectivity index (χ2n) is 3.80. The lowest BCUT2D eigenvalue weighted by Gasteiger charge is -2.06. The van der Waals surface area contributed by atoms with Crippen LogP contribution in [0.5, 0.6) is 0 Å². The first-order valence-electron chi connectivity index (χ1n) is 5.69. The molecule has 0 rings (SSSR count). The van der Waals surface area contributed by atoms with Crippen LogP contribution in [0.4, 0.5) is 0 Å². The zero-order chi connectivity index (χ0) is 9.94. The van der Waals surface area contributed by atoms with Gasteiger partial charge in [0.2, 0.25) is 0 Å². The van der Waals surface area contributed by atoms with Crippen LogP contribution >= 0.6 is 0 Å². The third kappa shape index (κ3) is 9.84. The Kier molecular flexibility index (Phi) is 9.94. The molecule has 0 saturated carbocycles. The molecule has 0 radical (unpaired) electrons. The van der Waals surface area contributed by atoms with Crippen molar-refractivity contribution < 1.29 is 5.11 Å². The van der Waals surface area contributed by atoms with E-state index >= 15 is 0 Å². The van der Waals surface area contributed by atoms with Gasteiger partial charge in [-0.05, 0) is 6.42 Å². The van der Waals surface area contributed by atoms with Gasteiger partial charge >= 0.3 is 0 Å². The maximum atomic E-state index is 9.17. The first-order chi connectivity index (χ1) is 6.31. The average molecular weight is 187 g/mol. The Bertz CT molecular complexity index is 96.1. The number of nitrogens with two attached hydrogens (primary N) is 1. The molecule has 0 aromatic carbocycles. The molecular weight excluding hydrogens is 162 g/mol. The molecule has 0 aliphatic heterocycles. The minimum Gasteiger partial charge on any atom is -0.392 e. The van der Waals surface area contributed by atoms with E-state index in [0.29, 0.717) is 6.54 Å². The Morgan fingerprint density at radius 1 is 1.00 bits per heavy atom. The lowest BCUT2D eigenvalue weighted by atomic mass is 10.1. The minimum atomic E-state index is -0.268. The molecule has 80 valence electrons. The van der Waals surface area contributed by atoms with Gasteiger partial charge in [-0.2, -0.15) is 0 Å². The van der Waals surface area contributed by atoms with E-state index in [1.807, 2.05) is 0 Å². The van der Waals surface area contributed by atoms with Crippen LogP contribution in [0.15, 0.2) is 0 Å². The summed E-state index contributed by atoms with van der Waals surface area (Å²) in [4.78, 5) is 0. The van der Waals surface area contributed by atoms with Crippen LogP contribution in [-0.4, -0.2) is 17.8 Å². The van der Waals surface area contributed by atoms with Crippen molar-refractivity contribution in [3.63, 3.8) is 0 Å². The highest BCUT2D eigenvalue weighted by atomic mass is 16.3. The molecular formula is C11H25NO. The minimum absolute atomic E-state index is 0.268.